The second-order valence-electron chi connectivity index (χ2n) is 9.13. The van der Waals surface area contributed by atoms with E-state index in [1.54, 1.807) is 6.92 Å². The van der Waals surface area contributed by atoms with E-state index in [0.717, 1.165) is 12.8 Å². The van der Waals surface area contributed by atoms with E-state index in [4.69, 9.17) is 24.4 Å². The summed E-state index contributed by atoms with van der Waals surface area (Å²) in [6.45, 7) is -0.307. The maximum Gasteiger partial charge on any atom is 0.387 e. The van der Waals surface area contributed by atoms with Gasteiger partial charge < -0.3 is 34.0 Å². The summed E-state index contributed by atoms with van der Waals surface area (Å²) < 4.78 is 52.1. The molecule has 10 nitrogen and oxygen atoms in total. The lowest BCUT2D eigenvalue weighted by Gasteiger charge is -2.22. The van der Waals surface area contributed by atoms with Gasteiger partial charge in [-0.25, -0.2) is 9.78 Å². The average Bonchev–Trinajstić information content (AvgIpc) is 3.37. The van der Waals surface area contributed by atoms with Crippen molar-refractivity contribution in [1.82, 2.24) is 9.88 Å². The number of oxazole rings is 1. The van der Waals surface area contributed by atoms with Gasteiger partial charge in [-0.2, -0.15) is 8.78 Å². The van der Waals surface area contributed by atoms with E-state index >= 15 is 0 Å². The number of alkyl halides is 2. The van der Waals surface area contributed by atoms with Crippen molar-refractivity contribution >= 4 is 11.9 Å². The van der Waals surface area contributed by atoms with Crippen LogP contribution in [0, 0.1) is 5.92 Å². The molecule has 1 aliphatic heterocycles. The van der Waals surface area contributed by atoms with Gasteiger partial charge in [0.2, 0.25) is 5.89 Å². The van der Waals surface area contributed by atoms with E-state index in [-0.39, 0.29) is 42.1 Å². The molecule has 2 aromatic rings. The molecule has 2 fully saturated rings. The normalized spacial score (nSPS) is 18.2. The summed E-state index contributed by atoms with van der Waals surface area (Å²) in [7, 11) is 1.50. The fourth-order valence-corrected chi connectivity index (χ4v) is 4.07. The first-order valence-corrected chi connectivity index (χ1v) is 12.2. The quantitative estimate of drug-likeness (QED) is 0.328. The van der Waals surface area contributed by atoms with E-state index < -0.39 is 30.6 Å². The number of aromatic nitrogens is 1. The molecule has 37 heavy (non-hydrogen) atoms. The SMILES string of the molecule is COCCOC(=O)[C@@H]1CCCN1C(=O)c1nc(-c2ccc(OC(F)F)c(OCC3CC3)c2)oc1[C@H](C)N. The molecule has 1 aromatic carbocycles. The summed E-state index contributed by atoms with van der Waals surface area (Å²) in [6, 6.07) is 2.88. The van der Waals surface area contributed by atoms with Crippen LogP contribution in [-0.2, 0) is 14.3 Å². The molecule has 2 heterocycles. The van der Waals surface area contributed by atoms with Crippen LogP contribution in [0.1, 0.15) is 54.9 Å². The number of carbonyl (C=O) groups excluding carboxylic acids is 2. The second-order valence-corrected chi connectivity index (χ2v) is 9.13. The third-order valence-electron chi connectivity index (χ3n) is 6.17. The molecular weight excluding hydrogens is 492 g/mol. The molecule has 1 saturated carbocycles. The number of hydrogen-bond acceptors (Lipinski definition) is 9. The Balaban J connectivity index is 1.59. The highest BCUT2D eigenvalue weighted by Crippen LogP contribution is 2.37. The first kappa shape index (κ1) is 26.8. The Morgan fingerprint density at radius 3 is 2.68 bits per heavy atom. The topological polar surface area (TPSA) is 126 Å². The molecule has 1 amide bonds. The van der Waals surface area contributed by atoms with Gasteiger partial charge in [-0.15, -0.1) is 0 Å². The summed E-state index contributed by atoms with van der Waals surface area (Å²) in [5.74, 6) is -0.413. The van der Waals surface area contributed by atoms with Crippen molar-refractivity contribution in [2.75, 3.05) is 33.5 Å². The highest BCUT2D eigenvalue weighted by molar-refractivity contribution is 5.97. The van der Waals surface area contributed by atoms with E-state index in [2.05, 4.69) is 9.72 Å². The molecule has 0 bridgehead atoms. The van der Waals surface area contributed by atoms with E-state index in [1.807, 2.05) is 0 Å². The highest BCUT2D eigenvalue weighted by Gasteiger charge is 2.38. The molecule has 12 heteroatoms. The molecule has 4 rings (SSSR count). The maximum atomic E-state index is 13.5. The highest BCUT2D eigenvalue weighted by atomic mass is 19.3. The Bertz CT molecular complexity index is 1100. The fraction of sp³-hybridized carbons (Fsp3) is 0.560. The number of ether oxygens (including phenoxy) is 4. The summed E-state index contributed by atoms with van der Waals surface area (Å²) in [5, 5.41) is 0. The van der Waals surface area contributed by atoms with Gasteiger partial charge in [0.05, 0.1) is 19.3 Å². The number of likely N-dealkylation sites (tertiary alicyclic amines) is 1. The maximum absolute atomic E-state index is 13.5. The Kier molecular flexibility index (Phi) is 8.59. The first-order valence-electron chi connectivity index (χ1n) is 12.2. The second kappa shape index (κ2) is 11.9. The number of nitrogens with zero attached hydrogens (tertiary/aromatic N) is 2. The minimum atomic E-state index is -3.01. The molecule has 1 aliphatic carbocycles. The molecular formula is C25H31F2N3O7. The van der Waals surface area contributed by atoms with Gasteiger partial charge in [0.15, 0.2) is 23.0 Å². The molecule has 0 unspecified atom stereocenters. The first-order chi connectivity index (χ1) is 17.8. The van der Waals surface area contributed by atoms with Gasteiger partial charge in [-0.3, -0.25) is 4.79 Å². The zero-order valence-corrected chi connectivity index (χ0v) is 20.8. The molecule has 2 aliphatic rings. The zero-order chi connectivity index (χ0) is 26.5. The van der Waals surface area contributed by atoms with Crippen LogP contribution in [0.4, 0.5) is 8.78 Å². The molecule has 0 spiro atoms. The summed E-state index contributed by atoms with van der Waals surface area (Å²) in [4.78, 5) is 31.8. The van der Waals surface area contributed by atoms with Gasteiger partial charge >= 0.3 is 12.6 Å². The van der Waals surface area contributed by atoms with Crippen LogP contribution in [-0.4, -0.2) is 67.9 Å². The predicted molar refractivity (Wildman–Crippen MR) is 126 cm³/mol. The number of hydrogen-bond donors (Lipinski definition) is 1. The number of amides is 1. The van der Waals surface area contributed by atoms with Crippen molar-refractivity contribution < 1.29 is 41.7 Å². The summed E-state index contributed by atoms with van der Waals surface area (Å²) in [6.07, 6.45) is 3.13. The Labute approximate surface area is 213 Å². The van der Waals surface area contributed by atoms with Crippen LogP contribution in [0.15, 0.2) is 22.6 Å². The number of halogens is 2. The largest absolute Gasteiger partial charge is 0.489 e. The number of carbonyl (C=O) groups is 2. The summed E-state index contributed by atoms with van der Waals surface area (Å²) in [5.41, 5.74) is 6.45. The Hall–Kier alpha value is -3.25. The van der Waals surface area contributed by atoms with Crippen molar-refractivity contribution in [2.45, 2.75) is 51.3 Å². The van der Waals surface area contributed by atoms with Gasteiger partial charge in [0, 0.05) is 19.2 Å². The molecule has 1 aromatic heterocycles. The van der Waals surface area contributed by atoms with Crippen LogP contribution < -0.4 is 15.2 Å². The van der Waals surface area contributed by atoms with Crippen LogP contribution >= 0.6 is 0 Å². The van der Waals surface area contributed by atoms with Crippen molar-refractivity contribution in [2.24, 2.45) is 11.7 Å². The smallest absolute Gasteiger partial charge is 0.387 e. The standard InChI is InChI=1S/C25H31F2N3O7/c1-14(28)21-20(23(31)30-9-3-4-17(30)24(32)34-11-10-33-2)29-22(37-21)16-7-8-18(36-25(26)27)19(12-16)35-13-15-5-6-15/h7-8,12,14-15,17,25H,3-6,9-11,13,28H2,1-2H3/t14-,17-/m0/s1. The number of methoxy groups -OCH3 is 1. The number of rotatable bonds is 12. The molecule has 0 radical (unpaired) electrons. The van der Waals surface area contributed by atoms with Crippen LogP contribution in [0.5, 0.6) is 11.5 Å². The molecule has 2 N–H and O–H groups in total. The van der Waals surface area contributed by atoms with Crippen molar-refractivity contribution in [3.63, 3.8) is 0 Å². The number of esters is 1. The van der Waals surface area contributed by atoms with Gasteiger partial charge in [-0.1, -0.05) is 0 Å². The van der Waals surface area contributed by atoms with Gasteiger partial charge in [0.1, 0.15) is 12.6 Å². The van der Waals surface area contributed by atoms with Crippen molar-refractivity contribution in [3.05, 3.63) is 29.7 Å². The van der Waals surface area contributed by atoms with Crippen molar-refractivity contribution in [1.29, 1.82) is 0 Å². The van der Waals surface area contributed by atoms with E-state index in [9.17, 15) is 18.4 Å². The molecule has 1 saturated heterocycles. The third kappa shape index (κ3) is 6.55. The minimum Gasteiger partial charge on any atom is -0.489 e. The Morgan fingerprint density at radius 2 is 2.00 bits per heavy atom. The predicted octanol–water partition coefficient (Wildman–Crippen LogP) is 3.55. The van der Waals surface area contributed by atoms with Crippen LogP contribution in [0.25, 0.3) is 11.5 Å². The zero-order valence-electron chi connectivity index (χ0n) is 20.8. The van der Waals surface area contributed by atoms with E-state index in [1.165, 1.54) is 30.2 Å². The lowest BCUT2D eigenvalue weighted by molar-refractivity contribution is -0.149. The number of nitrogens with two attached hydrogens (primary N) is 1. The monoisotopic (exact) mass is 523 g/mol. The molecule has 2 atom stereocenters. The minimum absolute atomic E-state index is 0.0186. The lowest BCUT2D eigenvalue weighted by atomic mass is 10.2. The van der Waals surface area contributed by atoms with Gasteiger partial charge in [0.25, 0.3) is 5.91 Å². The molecule has 202 valence electrons. The Morgan fingerprint density at radius 1 is 1.22 bits per heavy atom. The van der Waals surface area contributed by atoms with E-state index in [0.29, 0.717) is 37.5 Å². The van der Waals surface area contributed by atoms with Gasteiger partial charge in [-0.05, 0) is 56.7 Å². The third-order valence-corrected chi connectivity index (χ3v) is 6.17. The number of benzene rings is 1. The fourth-order valence-electron chi connectivity index (χ4n) is 4.07. The summed E-state index contributed by atoms with van der Waals surface area (Å²) >= 11 is 0. The van der Waals surface area contributed by atoms with Crippen LogP contribution in [0.2, 0.25) is 0 Å². The lowest BCUT2D eigenvalue weighted by Crippen LogP contribution is -2.42. The van der Waals surface area contributed by atoms with Crippen LogP contribution in [0.3, 0.4) is 0 Å². The van der Waals surface area contributed by atoms with Crippen molar-refractivity contribution in [3.8, 4) is 23.0 Å². The average molecular weight is 524 g/mol.